The third-order valence-electron chi connectivity index (χ3n) is 3.78. The lowest BCUT2D eigenvalue weighted by molar-refractivity contribution is 0.0685. The number of carboxylic acids is 1. The molecule has 5 nitrogen and oxygen atoms in total. The molecule has 0 spiro atoms. The molecule has 0 aliphatic carbocycles. The Hall–Kier alpha value is -2.80. The Balaban J connectivity index is 2.07. The smallest absolute Gasteiger partial charge is 0.354 e. The number of rotatable bonds is 5. The minimum absolute atomic E-state index is 0.0740. The van der Waals surface area contributed by atoms with E-state index in [1.807, 2.05) is 0 Å². The van der Waals surface area contributed by atoms with E-state index in [4.69, 9.17) is 4.74 Å². The number of ether oxygens (including phenoxy) is 1. The van der Waals surface area contributed by atoms with Crippen molar-refractivity contribution in [1.82, 2.24) is 9.55 Å². The van der Waals surface area contributed by atoms with Crippen LogP contribution in [-0.4, -0.2) is 27.7 Å². The maximum atomic E-state index is 13.8. The summed E-state index contributed by atoms with van der Waals surface area (Å²) in [6.07, 6.45) is 3.14. The summed E-state index contributed by atoms with van der Waals surface area (Å²) in [7, 11) is 1.47. The van der Waals surface area contributed by atoms with Crippen LogP contribution in [0, 0.1) is 11.6 Å². The number of halogens is 2. The molecule has 0 unspecified atom stereocenters. The van der Waals surface area contributed by atoms with Gasteiger partial charge < -0.3 is 14.4 Å². The lowest BCUT2D eigenvalue weighted by atomic mass is 10.1. The van der Waals surface area contributed by atoms with Gasteiger partial charge in [-0.3, -0.25) is 0 Å². The topological polar surface area (TPSA) is 64.3 Å². The SMILES string of the molecule is COCc1c(C(=O)O)ncc2c1ccn2Cc1ccc(F)cc1F. The highest BCUT2D eigenvalue weighted by Gasteiger charge is 2.17. The average molecular weight is 332 g/mol. The van der Waals surface area contributed by atoms with Gasteiger partial charge in [0.25, 0.3) is 0 Å². The zero-order valence-corrected chi connectivity index (χ0v) is 12.8. The molecule has 24 heavy (non-hydrogen) atoms. The van der Waals surface area contributed by atoms with Gasteiger partial charge in [0.05, 0.1) is 24.9 Å². The molecule has 3 rings (SSSR count). The summed E-state index contributed by atoms with van der Waals surface area (Å²) < 4.78 is 33.7. The summed E-state index contributed by atoms with van der Waals surface area (Å²) in [6.45, 7) is 0.275. The average Bonchev–Trinajstić information content (AvgIpc) is 2.94. The van der Waals surface area contributed by atoms with Crippen molar-refractivity contribution in [3.05, 3.63) is 65.1 Å². The van der Waals surface area contributed by atoms with Crippen LogP contribution in [0.25, 0.3) is 10.9 Å². The van der Waals surface area contributed by atoms with E-state index in [1.54, 1.807) is 16.8 Å². The summed E-state index contributed by atoms with van der Waals surface area (Å²) in [6, 6.07) is 5.14. The minimum Gasteiger partial charge on any atom is -0.477 e. The highest BCUT2D eigenvalue weighted by atomic mass is 19.1. The van der Waals surface area contributed by atoms with Gasteiger partial charge in [-0.1, -0.05) is 6.07 Å². The summed E-state index contributed by atoms with van der Waals surface area (Å²) in [5, 5.41) is 9.92. The van der Waals surface area contributed by atoms with Crippen LogP contribution >= 0.6 is 0 Å². The van der Waals surface area contributed by atoms with Crippen molar-refractivity contribution in [2.75, 3.05) is 7.11 Å². The first kappa shape index (κ1) is 16.1. The van der Waals surface area contributed by atoms with Crippen LogP contribution < -0.4 is 0 Å². The minimum atomic E-state index is -1.14. The van der Waals surface area contributed by atoms with Crippen LogP contribution in [0.2, 0.25) is 0 Å². The lowest BCUT2D eigenvalue weighted by Gasteiger charge is -2.09. The van der Waals surface area contributed by atoms with E-state index in [0.29, 0.717) is 22.0 Å². The quantitative estimate of drug-likeness (QED) is 0.779. The van der Waals surface area contributed by atoms with Gasteiger partial charge in [0.2, 0.25) is 0 Å². The van der Waals surface area contributed by atoms with Crippen LogP contribution in [0.1, 0.15) is 21.6 Å². The van der Waals surface area contributed by atoms with E-state index in [0.717, 1.165) is 6.07 Å². The highest BCUT2D eigenvalue weighted by Crippen LogP contribution is 2.24. The third kappa shape index (κ3) is 2.85. The fraction of sp³-hybridized carbons (Fsp3) is 0.176. The fourth-order valence-electron chi connectivity index (χ4n) is 2.66. The number of carboxylic acid groups (broad SMARTS) is 1. The zero-order chi connectivity index (χ0) is 17.3. The second-order valence-corrected chi connectivity index (χ2v) is 5.30. The molecule has 2 aromatic heterocycles. The van der Waals surface area contributed by atoms with Gasteiger partial charge in [-0.15, -0.1) is 0 Å². The highest BCUT2D eigenvalue weighted by molar-refractivity contribution is 5.94. The normalized spacial score (nSPS) is 11.1. The van der Waals surface area contributed by atoms with Crippen LogP contribution in [0.3, 0.4) is 0 Å². The van der Waals surface area contributed by atoms with Crippen LogP contribution in [0.5, 0.6) is 0 Å². The molecule has 0 fully saturated rings. The summed E-state index contributed by atoms with van der Waals surface area (Å²) >= 11 is 0. The van der Waals surface area contributed by atoms with Gasteiger partial charge in [-0.2, -0.15) is 0 Å². The molecule has 0 radical (unpaired) electrons. The van der Waals surface area contributed by atoms with Crippen molar-refractivity contribution in [1.29, 1.82) is 0 Å². The zero-order valence-electron chi connectivity index (χ0n) is 12.8. The largest absolute Gasteiger partial charge is 0.477 e. The first-order valence-corrected chi connectivity index (χ1v) is 7.14. The summed E-state index contributed by atoms with van der Waals surface area (Å²) in [5.74, 6) is -2.41. The molecule has 7 heteroatoms. The monoisotopic (exact) mass is 332 g/mol. The predicted molar refractivity (Wildman–Crippen MR) is 82.9 cm³/mol. The van der Waals surface area contributed by atoms with Gasteiger partial charge in [-0.25, -0.2) is 18.6 Å². The van der Waals surface area contributed by atoms with E-state index < -0.39 is 17.6 Å². The second-order valence-electron chi connectivity index (χ2n) is 5.30. The fourth-order valence-corrected chi connectivity index (χ4v) is 2.66. The molecule has 2 heterocycles. The second kappa shape index (κ2) is 6.37. The van der Waals surface area contributed by atoms with E-state index in [2.05, 4.69) is 4.98 Å². The Morgan fingerprint density at radius 1 is 1.33 bits per heavy atom. The maximum absolute atomic E-state index is 13.8. The Labute approximate surface area is 136 Å². The van der Waals surface area contributed by atoms with E-state index in [-0.39, 0.29) is 18.8 Å². The van der Waals surface area contributed by atoms with Crippen molar-refractivity contribution < 1.29 is 23.4 Å². The predicted octanol–water partition coefficient (Wildman–Crippen LogP) is 3.21. The standard InChI is InChI=1S/C17H14F2N2O3/c1-24-9-13-12-4-5-21(15(12)7-20-16(13)17(22)23)8-10-2-3-11(18)6-14(10)19/h2-7H,8-9H2,1H3,(H,22,23). The number of fused-ring (bicyclic) bond motifs is 1. The van der Waals surface area contributed by atoms with Gasteiger partial charge >= 0.3 is 5.97 Å². The van der Waals surface area contributed by atoms with Gasteiger partial charge in [0, 0.05) is 35.9 Å². The number of hydrogen-bond donors (Lipinski definition) is 1. The molecule has 0 amide bonds. The van der Waals surface area contributed by atoms with Crippen molar-refractivity contribution in [3.8, 4) is 0 Å². The van der Waals surface area contributed by atoms with Crippen LogP contribution in [0.4, 0.5) is 8.78 Å². The Morgan fingerprint density at radius 2 is 2.12 bits per heavy atom. The number of benzene rings is 1. The third-order valence-corrected chi connectivity index (χ3v) is 3.78. The van der Waals surface area contributed by atoms with E-state index in [1.165, 1.54) is 25.4 Å². The van der Waals surface area contributed by atoms with Crippen LogP contribution in [-0.2, 0) is 17.9 Å². The van der Waals surface area contributed by atoms with Gasteiger partial charge in [0.15, 0.2) is 5.69 Å². The molecule has 0 bridgehead atoms. The first-order valence-electron chi connectivity index (χ1n) is 7.14. The number of pyridine rings is 1. The molecule has 0 aliphatic heterocycles. The molecular weight excluding hydrogens is 318 g/mol. The molecule has 1 aromatic carbocycles. The lowest BCUT2D eigenvalue weighted by Crippen LogP contribution is -2.08. The number of carbonyl (C=O) groups is 1. The number of aromatic nitrogens is 2. The maximum Gasteiger partial charge on any atom is 0.354 e. The van der Waals surface area contributed by atoms with Gasteiger partial charge in [0.1, 0.15) is 11.6 Å². The molecule has 0 saturated heterocycles. The van der Waals surface area contributed by atoms with Gasteiger partial charge in [-0.05, 0) is 12.1 Å². The van der Waals surface area contributed by atoms with Crippen molar-refractivity contribution in [2.24, 2.45) is 0 Å². The number of nitrogens with zero attached hydrogens (tertiary/aromatic N) is 2. The number of aromatic carboxylic acids is 1. The summed E-state index contributed by atoms with van der Waals surface area (Å²) in [5.41, 5.74) is 1.36. The molecule has 0 saturated carbocycles. The number of methoxy groups -OCH3 is 1. The van der Waals surface area contributed by atoms with E-state index in [9.17, 15) is 18.7 Å². The van der Waals surface area contributed by atoms with Crippen molar-refractivity contribution in [3.63, 3.8) is 0 Å². The van der Waals surface area contributed by atoms with Crippen LogP contribution in [0.15, 0.2) is 36.7 Å². The van der Waals surface area contributed by atoms with Crippen molar-refractivity contribution in [2.45, 2.75) is 13.2 Å². The van der Waals surface area contributed by atoms with E-state index >= 15 is 0 Å². The Bertz CT molecular complexity index is 922. The number of hydrogen-bond acceptors (Lipinski definition) is 3. The molecule has 3 aromatic rings. The summed E-state index contributed by atoms with van der Waals surface area (Å²) in [4.78, 5) is 15.3. The van der Waals surface area contributed by atoms with Crippen molar-refractivity contribution >= 4 is 16.9 Å². The molecule has 124 valence electrons. The molecule has 0 aliphatic rings. The first-order chi connectivity index (χ1) is 11.5. The molecule has 0 atom stereocenters. The molecule has 1 N–H and O–H groups in total. The molecular formula is C17H14F2N2O3. The Morgan fingerprint density at radius 3 is 2.79 bits per heavy atom. The Kier molecular flexibility index (Phi) is 4.26.